The molecule has 0 aliphatic carbocycles. The summed E-state index contributed by atoms with van der Waals surface area (Å²) in [5, 5.41) is 3.56. The van der Waals surface area contributed by atoms with Crippen molar-refractivity contribution in [1.82, 2.24) is 0 Å². The van der Waals surface area contributed by atoms with E-state index in [4.69, 9.17) is 4.42 Å². The van der Waals surface area contributed by atoms with Crippen molar-refractivity contribution >= 4 is 28.6 Å². The highest BCUT2D eigenvalue weighted by Crippen LogP contribution is 2.18. The lowest BCUT2D eigenvalue weighted by molar-refractivity contribution is -0.111. The molecule has 0 aliphatic heterocycles. The quantitative estimate of drug-likeness (QED) is 0.562. The van der Waals surface area contributed by atoms with Crippen LogP contribution in [0, 0.1) is 0 Å². The minimum absolute atomic E-state index is 0.218. The highest BCUT2D eigenvalue weighted by molar-refractivity contribution is 6.02. The van der Waals surface area contributed by atoms with Crippen LogP contribution in [0.3, 0.4) is 0 Å². The van der Waals surface area contributed by atoms with Crippen molar-refractivity contribution in [3.8, 4) is 0 Å². The number of fused-ring (bicyclic) bond motifs is 1. The summed E-state index contributed by atoms with van der Waals surface area (Å²) in [5.74, 6) is 0.267. The molecule has 0 atom stereocenters. The molecule has 126 valence electrons. The fourth-order valence-corrected chi connectivity index (χ4v) is 2.50. The van der Waals surface area contributed by atoms with Gasteiger partial charge in [-0.15, -0.1) is 0 Å². The number of carbonyl (C=O) groups excluding carboxylic acids is 1. The van der Waals surface area contributed by atoms with Crippen molar-refractivity contribution in [3.63, 3.8) is 0 Å². The summed E-state index contributed by atoms with van der Waals surface area (Å²) in [6.45, 7) is 4.29. The second-order valence-electron chi connectivity index (χ2n) is 6.15. The topological polar surface area (TPSA) is 59.3 Å². The Balaban J connectivity index is 1.69. The van der Waals surface area contributed by atoms with Gasteiger partial charge in [0.25, 0.3) is 0 Å². The van der Waals surface area contributed by atoms with E-state index in [9.17, 15) is 9.59 Å². The van der Waals surface area contributed by atoms with Crippen molar-refractivity contribution in [2.24, 2.45) is 0 Å². The smallest absolute Gasteiger partial charge is 0.336 e. The van der Waals surface area contributed by atoms with Crippen molar-refractivity contribution in [2.45, 2.75) is 19.8 Å². The van der Waals surface area contributed by atoms with Crippen molar-refractivity contribution in [1.29, 1.82) is 0 Å². The van der Waals surface area contributed by atoms with E-state index in [-0.39, 0.29) is 5.91 Å². The molecular formula is C21H19NO3. The molecule has 1 amide bonds. The molecule has 1 N–H and O–H groups in total. The van der Waals surface area contributed by atoms with Crippen LogP contribution in [0.4, 0.5) is 5.69 Å². The van der Waals surface area contributed by atoms with Crippen LogP contribution in [-0.2, 0) is 4.79 Å². The predicted octanol–water partition coefficient (Wildman–Crippen LogP) is 4.57. The number of benzene rings is 2. The summed E-state index contributed by atoms with van der Waals surface area (Å²) in [6, 6.07) is 16.3. The number of anilines is 1. The molecule has 0 saturated heterocycles. The van der Waals surface area contributed by atoms with Gasteiger partial charge >= 0.3 is 5.63 Å². The number of hydrogen-bond donors (Lipinski definition) is 1. The Bertz CT molecular complexity index is 982. The fraction of sp³-hybridized carbons (Fsp3) is 0.143. The van der Waals surface area contributed by atoms with Gasteiger partial charge in [0.1, 0.15) is 5.58 Å². The van der Waals surface area contributed by atoms with E-state index < -0.39 is 5.63 Å². The predicted molar refractivity (Wildman–Crippen MR) is 101 cm³/mol. The normalized spacial score (nSPS) is 11.3. The molecule has 0 radical (unpaired) electrons. The van der Waals surface area contributed by atoms with Crippen LogP contribution >= 0.6 is 0 Å². The Labute approximate surface area is 145 Å². The Hall–Kier alpha value is -3.14. The highest BCUT2D eigenvalue weighted by atomic mass is 16.4. The Morgan fingerprint density at radius 3 is 2.52 bits per heavy atom. The summed E-state index contributed by atoms with van der Waals surface area (Å²) in [7, 11) is 0. The molecule has 3 rings (SSSR count). The average molecular weight is 333 g/mol. The Morgan fingerprint density at radius 1 is 1.04 bits per heavy atom. The summed E-state index contributed by atoms with van der Waals surface area (Å²) < 4.78 is 5.07. The van der Waals surface area contributed by atoms with Crippen LogP contribution in [-0.4, -0.2) is 5.91 Å². The van der Waals surface area contributed by atoms with Gasteiger partial charge in [-0.3, -0.25) is 4.79 Å². The maximum atomic E-state index is 12.1. The van der Waals surface area contributed by atoms with Gasteiger partial charge in [-0.25, -0.2) is 4.79 Å². The molecule has 25 heavy (non-hydrogen) atoms. The van der Waals surface area contributed by atoms with E-state index in [1.807, 2.05) is 12.1 Å². The largest absolute Gasteiger partial charge is 0.423 e. The zero-order valence-corrected chi connectivity index (χ0v) is 14.2. The molecule has 0 bridgehead atoms. The van der Waals surface area contributed by atoms with Crippen LogP contribution in [0.5, 0.6) is 0 Å². The molecule has 4 nitrogen and oxygen atoms in total. The van der Waals surface area contributed by atoms with E-state index in [0.29, 0.717) is 17.2 Å². The van der Waals surface area contributed by atoms with Gasteiger partial charge in [0.2, 0.25) is 5.91 Å². The molecule has 3 aromatic rings. The Kier molecular flexibility index (Phi) is 4.80. The van der Waals surface area contributed by atoms with Crippen molar-refractivity contribution in [2.75, 3.05) is 5.32 Å². The molecule has 2 aromatic carbocycles. The van der Waals surface area contributed by atoms with Gasteiger partial charge < -0.3 is 9.73 Å². The lowest BCUT2D eigenvalue weighted by Crippen LogP contribution is -2.07. The molecule has 0 spiro atoms. The first-order valence-electron chi connectivity index (χ1n) is 8.14. The number of rotatable bonds is 4. The first-order chi connectivity index (χ1) is 12.0. The minimum atomic E-state index is -0.393. The fourth-order valence-electron chi connectivity index (χ4n) is 2.50. The van der Waals surface area contributed by atoms with Crippen LogP contribution in [0.1, 0.15) is 30.9 Å². The zero-order valence-electron chi connectivity index (χ0n) is 14.2. The molecule has 1 aromatic heterocycles. The average Bonchev–Trinajstić information content (AvgIpc) is 2.60. The van der Waals surface area contributed by atoms with Gasteiger partial charge in [-0.2, -0.15) is 0 Å². The third-order valence-corrected chi connectivity index (χ3v) is 3.92. The Morgan fingerprint density at radius 2 is 1.80 bits per heavy atom. The molecular weight excluding hydrogens is 314 g/mol. The third-order valence-electron chi connectivity index (χ3n) is 3.92. The van der Waals surface area contributed by atoms with E-state index in [0.717, 1.165) is 10.9 Å². The van der Waals surface area contributed by atoms with Gasteiger partial charge in [-0.05, 0) is 47.4 Å². The molecule has 0 fully saturated rings. The van der Waals surface area contributed by atoms with Crippen molar-refractivity contribution < 1.29 is 9.21 Å². The summed E-state index contributed by atoms with van der Waals surface area (Å²) >= 11 is 0. The van der Waals surface area contributed by atoms with E-state index in [2.05, 4.69) is 31.3 Å². The number of hydrogen-bond acceptors (Lipinski definition) is 3. The van der Waals surface area contributed by atoms with Crippen LogP contribution < -0.4 is 10.9 Å². The molecule has 1 heterocycles. The molecule has 0 aliphatic rings. The lowest BCUT2D eigenvalue weighted by Gasteiger charge is -2.05. The zero-order chi connectivity index (χ0) is 17.8. The van der Waals surface area contributed by atoms with Gasteiger partial charge in [0.05, 0.1) is 0 Å². The monoisotopic (exact) mass is 333 g/mol. The highest BCUT2D eigenvalue weighted by Gasteiger charge is 2.02. The van der Waals surface area contributed by atoms with Gasteiger partial charge in [0.15, 0.2) is 0 Å². The first-order valence-corrected chi connectivity index (χ1v) is 8.14. The second kappa shape index (κ2) is 7.18. The van der Waals surface area contributed by atoms with Crippen molar-refractivity contribution in [3.05, 3.63) is 82.2 Å². The molecule has 0 saturated carbocycles. The first kappa shape index (κ1) is 16.7. The van der Waals surface area contributed by atoms with E-state index >= 15 is 0 Å². The number of carbonyl (C=O) groups is 1. The van der Waals surface area contributed by atoms with E-state index in [1.54, 1.807) is 30.3 Å². The van der Waals surface area contributed by atoms with Crippen LogP contribution in [0.15, 0.2) is 69.9 Å². The molecule has 4 heteroatoms. The third kappa shape index (κ3) is 4.23. The van der Waals surface area contributed by atoms with Gasteiger partial charge in [-0.1, -0.05) is 38.1 Å². The van der Waals surface area contributed by atoms with Crippen LogP contribution in [0.2, 0.25) is 0 Å². The number of amides is 1. The lowest BCUT2D eigenvalue weighted by atomic mass is 10.0. The second-order valence-corrected chi connectivity index (χ2v) is 6.15. The molecule has 0 unspecified atom stereocenters. The maximum absolute atomic E-state index is 12.1. The number of nitrogens with one attached hydrogen (secondary N) is 1. The summed E-state index contributed by atoms with van der Waals surface area (Å²) in [4.78, 5) is 23.3. The summed E-state index contributed by atoms with van der Waals surface area (Å²) in [6.07, 6.45) is 3.28. The standard InChI is InChI=1S/C21H19NO3/c1-14(2)16-6-3-15(4-7-16)5-11-20(23)22-18-9-10-19-17(13-18)8-12-21(24)25-19/h3-14H,1-2H3,(H,22,23). The van der Waals surface area contributed by atoms with Gasteiger partial charge in [0, 0.05) is 23.2 Å². The van der Waals surface area contributed by atoms with Crippen LogP contribution in [0.25, 0.3) is 17.0 Å². The van der Waals surface area contributed by atoms with E-state index in [1.165, 1.54) is 17.7 Å². The maximum Gasteiger partial charge on any atom is 0.336 e. The minimum Gasteiger partial charge on any atom is -0.423 e. The summed E-state index contributed by atoms with van der Waals surface area (Å²) in [5.41, 5.74) is 2.98. The SMILES string of the molecule is CC(C)c1ccc(C=CC(=O)Nc2ccc3oc(=O)ccc3c2)cc1.